The SMILES string of the molecule is Fc1ccc(C2(CNc3nc(C(F)(F)F)nc4nc[nH]c34)CCOCC2)cc1. The predicted octanol–water partition coefficient (Wildman–Crippen LogP) is 3.67. The smallest absolute Gasteiger partial charge is 0.381 e. The lowest BCUT2D eigenvalue weighted by molar-refractivity contribution is -0.144. The molecule has 0 atom stereocenters. The molecule has 10 heteroatoms. The highest BCUT2D eigenvalue weighted by molar-refractivity contribution is 5.82. The molecular weight excluding hydrogens is 378 g/mol. The number of imidazole rings is 1. The number of hydrogen-bond donors (Lipinski definition) is 2. The fourth-order valence-electron chi connectivity index (χ4n) is 3.47. The summed E-state index contributed by atoms with van der Waals surface area (Å²) in [4.78, 5) is 13.7. The zero-order valence-corrected chi connectivity index (χ0v) is 14.7. The number of H-pyrrole nitrogens is 1. The van der Waals surface area contributed by atoms with E-state index >= 15 is 0 Å². The molecule has 148 valence electrons. The lowest BCUT2D eigenvalue weighted by atomic mass is 9.74. The molecule has 1 saturated heterocycles. The van der Waals surface area contributed by atoms with Crippen molar-refractivity contribution in [2.75, 3.05) is 25.1 Å². The number of rotatable bonds is 4. The number of nitrogens with one attached hydrogen (secondary N) is 2. The predicted molar refractivity (Wildman–Crippen MR) is 93.3 cm³/mol. The minimum absolute atomic E-state index is 0.0304. The van der Waals surface area contributed by atoms with Crippen LogP contribution in [0.15, 0.2) is 30.6 Å². The highest BCUT2D eigenvalue weighted by atomic mass is 19.4. The van der Waals surface area contributed by atoms with Crippen molar-refractivity contribution < 1.29 is 22.3 Å². The van der Waals surface area contributed by atoms with E-state index < -0.39 is 17.4 Å². The van der Waals surface area contributed by atoms with E-state index in [1.165, 1.54) is 18.5 Å². The van der Waals surface area contributed by atoms with Crippen LogP contribution < -0.4 is 5.32 Å². The van der Waals surface area contributed by atoms with Crippen molar-refractivity contribution >= 4 is 17.0 Å². The number of alkyl halides is 3. The highest BCUT2D eigenvalue weighted by Crippen LogP contribution is 2.36. The Morgan fingerprint density at radius 3 is 2.50 bits per heavy atom. The maximum atomic E-state index is 13.3. The average Bonchev–Trinajstić information content (AvgIpc) is 3.15. The van der Waals surface area contributed by atoms with Gasteiger partial charge in [0, 0.05) is 25.2 Å². The van der Waals surface area contributed by atoms with Gasteiger partial charge in [-0.15, -0.1) is 0 Å². The minimum Gasteiger partial charge on any atom is -0.381 e. The molecule has 0 saturated carbocycles. The van der Waals surface area contributed by atoms with Crippen molar-refractivity contribution in [3.05, 3.63) is 47.8 Å². The molecule has 3 heterocycles. The second-order valence-electron chi connectivity index (χ2n) is 6.75. The van der Waals surface area contributed by atoms with E-state index in [4.69, 9.17) is 4.74 Å². The second kappa shape index (κ2) is 7.01. The molecule has 0 bridgehead atoms. The van der Waals surface area contributed by atoms with Gasteiger partial charge in [0.05, 0.1) is 6.33 Å². The molecule has 2 aromatic heterocycles. The Labute approximate surface area is 157 Å². The lowest BCUT2D eigenvalue weighted by Crippen LogP contribution is -2.40. The first-order chi connectivity index (χ1) is 13.4. The van der Waals surface area contributed by atoms with Crippen LogP contribution >= 0.6 is 0 Å². The maximum absolute atomic E-state index is 13.3. The third-order valence-corrected chi connectivity index (χ3v) is 5.04. The molecule has 0 aliphatic carbocycles. The van der Waals surface area contributed by atoms with E-state index in [9.17, 15) is 17.6 Å². The van der Waals surface area contributed by atoms with E-state index in [0.29, 0.717) is 38.1 Å². The molecular formula is C18H17F4N5O. The van der Waals surface area contributed by atoms with Crippen LogP contribution in [-0.2, 0) is 16.3 Å². The fourth-order valence-corrected chi connectivity index (χ4v) is 3.47. The molecule has 6 nitrogen and oxygen atoms in total. The molecule has 0 radical (unpaired) electrons. The van der Waals surface area contributed by atoms with Gasteiger partial charge in [0.1, 0.15) is 11.3 Å². The van der Waals surface area contributed by atoms with Crippen molar-refractivity contribution in [2.45, 2.75) is 24.4 Å². The summed E-state index contributed by atoms with van der Waals surface area (Å²) in [5.74, 6) is -1.57. The van der Waals surface area contributed by atoms with Gasteiger partial charge in [0.2, 0.25) is 5.82 Å². The van der Waals surface area contributed by atoms with E-state index in [1.54, 1.807) is 12.1 Å². The summed E-state index contributed by atoms with van der Waals surface area (Å²) in [6, 6.07) is 6.17. The van der Waals surface area contributed by atoms with Gasteiger partial charge in [-0.2, -0.15) is 13.2 Å². The first-order valence-corrected chi connectivity index (χ1v) is 8.73. The Balaban J connectivity index is 1.68. The van der Waals surface area contributed by atoms with Crippen molar-refractivity contribution in [3.8, 4) is 0 Å². The van der Waals surface area contributed by atoms with Gasteiger partial charge >= 0.3 is 6.18 Å². The monoisotopic (exact) mass is 395 g/mol. The number of nitrogens with zero attached hydrogens (tertiary/aromatic N) is 3. The standard InChI is InChI=1S/C18H17F4N5O/c19-12-3-1-11(2-4-12)17(5-7-28-8-6-17)9-23-14-13-15(25-10-24-13)27-16(26-14)18(20,21)22/h1-4,10H,5-9H2,(H2,23,24,25,26,27). The van der Waals surface area contributed by atoms with Crippen LogP contribution in [0.2, 0.25) is 0 Å². The first-order valence-electron chi connectivity index (χ1n) is 8.73. The molecule has 2 N–H and O–H groups in total. The van der Waals surface area contributed by atoms with Crippen LogP contribution in [0.5, 0.6) is 0 Å². The van der Waals surface area contributed by atoms with E-state index in [1.807, 2.05) is 0 Å². The second-order valence-corrected chi connectivity index (χ2v) is 6.75. The average molecular weight is 395 g/mol. The summed E-state index contributed by atoms with van der Waals surface area (Å²) in [7, 11) is 0. The van der Waals surface area contributed by atoms with Gasteiger partial charge < -0.3 is 15.0 Å². The van der Waals surface area contributed by atoms with Crippen LogP contribution in [0.3, 0.4) is 0 Å². The van der Waals surface area contributed by atoms with Crippen molar-refractivity contribution in [2.24, 2.45) is 0 Å². The third kappa shape index (κ3) is 3.51. The molecule has 3 aromatic rings. The maximum Gasteiger partial charge on any atom is 0.451 e. The van der Waals surface area contributed by atoms with Crippen molar-refractivity contribution in [3.63, 3.8) is 0 Å². The minimum atomic E-state index is -4.68. The normalized spacial score (nSPS) is 17.0. The summed E-state index contributed by atoms with van der Waals surface area (Å²) in [5.41, 5.74) is 0.722. The highest BCUT2D eigenvalue weighted by Gasteiger charge is 2.37. The largest absolute Gasteiger partial charge is 0.451 e. The van der Waals surface area contributed by atoms with Crippen molar-refractivity contribution in [1.82, 2.24) is 19.9 Å². The Morgan fingerprint density at radius 1 is 1.11 bits per heavy atom. The van der Waals surface area contributed by atoms with Crippen LogP contribution in [0, 0.1) is 5.82 Å². The quantitative estimate of drug-likeness (QED) is 0.660. The number of anilines is 1. The number of benzene rings is 1. The number of aromatic nitrogens is 4. The molecule has 0 spiro atoms. The van der Waals surface area contributed by atoms with Crippen molar-refractivity contribution in [1.29, 1.82) is 0 Å². The Hall–Kier alpha value is -2.75. The number of halogens is 4. The molecule has 1 aliphatic heterocycles. The summed E-state index contributed by atoms with van der Waals surface area (Å²) < 4.78 is 58.2. The van der Waals surface area contributed by atoms with Crippen LogP contribution in [0.1, 0.15) is 24.2 Å². The van der Waals surface area contributed by atoms with E-state index in [0.717, 1.165) is 5.56 Å². The lowest BCUT2D eigenvalue weighted by Gasteiger charge is -2.38. The number of fused-ring (bicyclic) bond motifs is 1. The van der Waals surface area contributed by atoms with Crippen LogP contribution in [0.4, 0.5) is 23.4 Å². The number of aromatic amines is 1. The van der Waals surface area contributed by atoms with Gasteiger partial charge in [-0.3, -0.25) is 0 Å². The van der Waals surface area contributed by atoms with Crippen LogP contribution in [0.25, 0.3) is 11.2 Å². The molecule has 4 rings (SSSR count). The Bertz CT molecular complexity index is 964. The topological polar surface area (TPSA) is 75.7 Å². The number of hydrogen-bond acceptors (Lipinski definition) is 5. The molecule has 1 aromatic carbocycles. The summed E-state index contributed by atoms with van der Waals surface area (Å²) >= 11 is 0. The zero-order valence-electron chi connectivity index (χ0n) is 14.7. The van der Waals surface area contributed by atoms with Gasteiger partial charge in [0.15, 0.2) is 11.5 Å². The van der Waals surface area contributed by atoms with Gasteiger partial charge in [-0.1, -0.05) is 12.1 Å². The van der Waals surface area contributed by atoms with Gasteiger partial charge in [0.25, 0.3) is 0 Å². The summed E-state index contributed by atoms with van der Waals surface area (Å²) in [5, 5.41) is 3.04. The van der Waals surface area contributed by atoms with E-state index in [-0.39, 0.29) is 17.3 Å². The molecule has 1 aliphatic rings. The number of ether oxygens (including phenoxy) is 1. The summed E-state index contributed by atoms with van der Waals surface area (Å²) in [6.07, 6.45) is -2.12. The molecule has 0 amide bonds. The Morgan fingerprint density at radius 2 is 1.82 bits per heavy atom. The first kappa shape index (κ1) is 18.6. The molecule has 0 unspecified atom stereocenters. The van der Waals surface area contributed by atoms with Crippen LogP contribution in [-0.4, -0.2) is 39.7 Å². The van der Waals surface area contributed by atoms with E-state index in [2.05, 4.69) is 25.3 Å². The molecule has 28 heavy (non-hydrogen) atoms. The zero-order chi connectivity index (χ0) is 19.8. The third-order valence-electron chi connectivity index (χ3n) is 5.04. The Kier molecular flexibility index (Phi) is 4.66. The van der Waals surface area contributed by atoms with Gasteiger partial charge in [-0.25, -0.2) is 19.3 Å². The van der Waals surface area contributed by atoms with Gasteiger partial charge in [-0.05, 0) is 30.5 Å². The summed E-state index contributed by atoms with van der Waals surface area (Å²) in [6.45, 7) is 1.33. The molecule has 1 fully saturated rings. The fraction of sp³-hybridized carbons (Fsp3) is 0.389.